The summed E-state index contributed by atoms with van der Waals surface area (Å²) in [5.41, 5.74) is 0.265. The summed E-state index contributed by atoms with van der Waals surface area (Å²) in [6.07, 6.45) is 3.55. The van der Waals surface area contributed by atoms with Gasteiger partial charge in [0.2, 0.25) is 0 Å². The first kappa shape index (κ1) is 10.3. The summed E-state index contributed by atoms with van der Waals surface area (Å²) in [6, 6.07) is 0. The highest BCUT2D eigenvalue weighted by Gasteiger charge is 2.35. The van der Waals surface area contributed by atoms with E-state index < -0.39 is 0 Å². The fourth-order valence-corrected chi connectivity index (χ4v) is 2.31. The molecule has 0 saturated carbocycles. The quantitative estimate of drug-likeness (QED) is 0.607. The van der Waals surface area contributed by atoms with Crippen LogP contribution in [0.4, 0.5) is 0 Å². The SMILES string of the molecule is CCC(C)(C)C1CCCOC1Cl. The Kier molecular flexibility index (Phi) is 3.42. The maximum atomic E-state index is 6.12. The molecule has 0 bridgehead atoms. The average molecular weight is 191 g/mol. The van der Waals surface area contributed by atoms with Crippen LogP contribution in [0.25, 0.3) is 0 Å². The van der Waals surface area contributed by atoms with Gasteiger partial charge in [-0.15, -0.1) is 0 Å². The summed E-state index contributed by atoms with van der Waals surface area (Å²) in [5.74, 6) is 0.526. The Hall–Kier alpha value is 0.250. The molecule has 2 atom stereocenters. The maximum absolute atomic E-state index is 6.12. The molecule has 0 aromatic rings. The molecular formula is C10H19ClO. The summed E-state index contributed by atoms with van der Waals surface area (Å²) >= 11 is 6.12. The topological polar surface area (TPSA) is 9.23 Å². The van der Waals surface area contributed by atoms with Gasteiger partial charge in [0.15, 0.2) is 0 Å². The molecule has 0 aromatic carbocycles. The second-order valence-electron chi connectivity index (χ2n) is 4.31. The Morgan fingerprint density at radius 1 is 1.50 bits per heavy atom. The van der Waals surface area contributed by atoms with Crippen LogP contribution >= 0.6 is 11.6 Å². The highest BCUT2D eigenvalue weighted by Crippen LogP contribution is 2.40. The minimum atomic E-state index is -0.0614. The Labute approximate surface area is 80.4 Å². The Balaban J connectivity index is 2.58. The Morgan fingerprint density at radius 2 is 2.17 bits per heavy atom. The highest BCUT2D eigenvalue weighted by molar-refractivity contribution is 6.19. The van der Waals surface area contributed by atoms with Crippen molar-refractivity contribution in [3.05, 3.63) is 0 Å². The molecule has 12 heavy (non-hydrogen) atoms. The third kappa shape index (κ3) is 2.14. The second kappa shape index (κ2) is 3.97. The Bertz CT molecular complexity index is 145. The van der Waals surface area contributed by atoms with Gasteiger partial charge < -0.3 is 4.74 Å². The molecule has 1 rings (SSSR count). The molecule has 2 unspecified atom stereocenters. The van der Waals surface area contributed by atoms with Gasteiger partial charge >= 0.3 is 0 Å². The molecule has 72 valence electrons. The van der Waals surface area contributed by atoms with Gasteiger partial charge in [0.25, 0.3) is 0 Å². The lowest BCUT2D eigenvalue weighted by Gasteiger charge is -2.39. The molecule has 1 aliphatic heterocycles. The average Bonchev–Trinajstić information content (AvgIpc) is 2.05. The van der Waals surface area contributed by atoms with Crippen LogP contribution in [0.15, 0.2) is 0 Å². The van der Waals surface area contributed by atoms with Crippen LogP contribution < -0.4 is 0 Å². The molecule has 2 heteroatoms. The van der Waals surface area contributed by atoms with E-state index in [0.717, 1.165) is 13.0 Å². The monoisotopic (exact) mass is 190 g/mol. The van der Waals surface area contributed by atoms with Crippen molar-refractivity contribution in [1.82, 2.24) is 0 Å². The number of alkyl halides is 1. The fourth-order valence-electron chi connectivity index (χ4n) is 1.75. The van der Waals surface area contributed by atoms with E-state index in [1.807, 2.05) is 0 Å². The summed E-state index contributed by atoms with van der Waals surface area (Å²) < 4.78 is 5.44. The normalized spacial score (nSPS) is 32.0. The molecule has 0 aromatic heterocycles. The van der Waals surface area contributed by atoms with E-state index in [1.165, 1.54) is 12.8 Å². The summed E-state index contributed by atoms with van der Waals surface area (Å²) in [5, 5.41) is 0. The molecule has 0 aliphatic carbocycles. The van der Waals surface area contributed by atoms with Crippen molar-refractivity contribution in [1.29, 1.82) is 0 Å². The van der Waals surface area contributed by atoms with Gasteiger partial charge in [0, 0.05) is 12.5 Å². The van der Waals surface area contributed by atoms with Gasteiger partial charge in [-0.05, 0) is 18.3 Å². The standard InChI is InChI=1S/C10H19ClO/c1-4-10(2,3)8-6-5-7-12-9(8)11/h8-9H,4-7H2,1-3H3. The van der Waals surface area contributed by atoms with Crippen LogP contribution in [0.2, 0.25) is 0 Å². The predicted octanol–water partition coefficient (Wildman–Crippen LogP) is 3.41. The van der Waals surface area contributed by atoms with Crippen molar-refractivity contribution < 1.29 is 4.74 Å². The van der Waals surface area contributed by atoms with E-state index >= 15 is 0 Å². The molecule has 0 amide bonds. The predicted molar refractivity (Wildman–Crippen MR) is 52.4 cm³/mol. The van der Waals surface area contributed by atoms with E-state index in [-0.39, 0.29) is 5.56 Å². The van der Waals surface area contributed by atoms with Gasteiger partial charge in [-0.3, -0.25) is 0 Å². The third-order valence-electron chi connectivity index (χ3n) is 3.17. The number of hydrogen-bond acceptors (Lipinski definition) is 1. The molecule has 1 saturated heterocycles. The lowest BCUT2D eigenvalue weighted by atomic mass is 9.74. The molecule has 1 nitrogen and oxygen atoms in total. The number of hydrogen-bond donors (Lipinski definition) is 0. The van der Waals surface area contributed by atoms with Gasteiger partial charge in [-0.1, -0.05) is 38.8 Å². The van der Waals surface area contributed by atoms with E-state index in [9.17, 15) is 0 Å². The van der Waals surface area contributed by atoms with E-state index in [1.54, 1.807) is 0 Å². The van der Waals surface area contributed by atoms with Gasteiger partial charge in [-0.25, -0.2) is 0 Å². The lowest BCUT2D eigenvalue weighted by Crippen LogP contribution is -2.35. The molecule has 1 aliphatic rings. The van der Waals surface area contributed by atoms with E-state index in [2.05, 4.69) is 20.8 Å². The molecular weight excluding hydrogens is 172 g/mol. The van der Waals surface area contributed by atoms with Crippen LogP contribution in [-0.2, 0) is 4.74 Å². The third-order valence-corrected chi connectivity index (χ3v) is 3.60. The first-order valence-electron chi connectivity index (χ1n) is 4.83. The van der Waals surface area contributed by atoms with Crippen molar-refractivity contribution in [2.75, 3.05) is 6.61 Å². The number of ether oxygens (including phenoxy) is 1. The van der Waals surface area contributed by atoms with E-state index in [4.69, 9.17) is 16.3 Å². The number of rotatable bonds is 2. The van der Waals surface area contributed by atoms with Crippen molar-refractivity contribution in [3.63, 3.8) is 0 Å². The zero-order valence-corrected chi connectivity index (χ0v) is 9.03. The van der Waals surface area contributed by atoms with Crippen LogP contribution in [-0.4, -0.2) is 12.2 Å². The minimum Gasteiger partial charge on any atom is -0.362 e. The van der Waals surface area contributed by atoms with E-state index in [0.29, 0.717) is 11.3 Å². The zero-order chi connectivity index (χ0) is 9.19. The zero-order valence-electron chi connectivity index (χ0n) is 8.27. The lowest BCUT2D eigenvalue weighted by molar-refractivity contribution is -0.0237. The van der Waals surface area contributed by atoms with Crippen LogP contribution in [0.5, 0.6) is 0 Å². The highest BCUT2D eigenvalue weighted by atomic mass is 35.5. The van der Waals surface area contributed by atoms with Crippen molar-refractivity contribution in [2.24, 2.45) is 11.3 Å². The molecule has 1 heterocycles. The Morgan fingerprint density at radius 3 is 2.67 bits per heavy atom. The molecule has 0 radical (unpaired) electrons. The van der Waals surface area contributed by atoms with Crippen LogP contribution in [0.3, 0.4) is 0 Å². The summed E-state index contributed by atoms with van der Waals surface area (Å²) in [4.78, 5) is 0. The molecule has 0 spiro atoms. The van der Waals surface area contributed by atoms with Crippen LogP contribution in [0, 0.1) is 11.3 Å². The minimum absolute atomic E-state index is 0.0614. The smallest absolute Gasteiger partial charge is 0.134 e. The second-order valence-corrected chi connectivity index (χ2v) is 4.74. The molecule has 1 fully saturated rings. The van der Waals surface area contributed by atoms with Crippen molar-refractivity contribution in [3.8, 4) is 0 Å². The van der Waals surface area contributed by atoms with Gasteiger partial charge in [0.1, 0.15) is 5.56 Å². The first-order chi connectivity index (χ1) is 5.58. The van der Waals surface area contributed by atoms with Crippen molar-refractivity contribution >= 4 is 11.6 Å². The van der Waals surface area contributed by atoms with Crippen molar-refractivity contribution in [2.45, 2.75) is 45.6 Å². The summed E-state index contributed by atoms with van der Waals surface area (Å²) in [6.45, 7) is 7.62. The largest absolute Gasteiger partial charge is 0.362 e. The van der Waals surface area contributed by atoms with Crippen LogP contribution in [0.1, 0.15) is 40.0 Å². The summed E-state index contributed by atoms with van der Waals surface area (Å²) in [7, 11) is 0. The maximum Gasteiger partial charge on any atom is 0.134 e. The number of halogens is 1. The first-order valence-corrected chi connectivity index (χ1v) is 5.27. The molecule has 0 N–H and O–H groups in total. The van der Waals surface area contributed by atoms with Gasteiger partial charge in [0.05, 0.1) is 0 Å². The fraction of sp³-hybridized carbons (Fsp3) is 1.00. The van der Waals surface area contributed by atoms with Gasteiger partial charge in [-0.2, -0.15) is 0 Å².